The first-order valence-electron chi connectivity index (χ1n) is 11.2. The number of rotatable bonds is 8. The Labute approximate surface area is 193 Å². The highest BCUT2D eigenvalue weighted by Crippen LogP contribution is 2.40. The average Bonchev–Trinajstić information content (AvgIpc) is 2.82. The van der Waals surface area contributed by atoms with Crippen molar-refractivity contribution in [2.75, 3.05) is 0 Å². The molecule has 0 amide bonds. The van der Waals surface area contributed by atoms with E-state index in [1.807, 2.05) is 48.5 Å². The summed E-state index contributed by atoms with van der Waals surface area (Å²) in [5, 5.41) is 2.71. The largest absolute Gasteiger partial charge is 0.242 e. The van der Waals surface area contributed by atoms with Gasteiger partial charge in [-0.1, -0.05) is 98.5 Å². The molecule has 4 rings (SSSR count). The minimum Gasteiger partial charge on any atom is -0.242 e. The number of fused-ring (bicyclic) bond motifs is 1. The van der Waals surface area contributed by atoms with Gasteiger partial charge in [-0.05, 0) is 58.1 Å². The van der Waals surface area contributed by atoms with E-state index in [1.54, 1.807) is 30.3 Å². The Bertz CT molecular complexity index is 1180. The number of hydrogen-bond donors (Lipinski definition) is 0. The molecule has 0 N–H and O–H groups in total. The van der Waals surface area contributed by atoms with E-state index >= 15 is 8.78 Å². The Morgan fingerprint density at radius 1 is 0.781 bits per heavy atom. The van der Waals surface area contributed by atoms with Gasteiger partial charge in [0, 0.05) is 16.5 Å². The number of alkyl halides is 1. The molecule has 0 heterocycles. The lowest BCUT2D eigenvalue weighted by molar-refractivity contribution is 0.273. The Morgan fingerprint density at radius 2 is 1.50 bits per heavy atom. The first-order valence-corrected chi connectivity index (χ1v) is 11.6. The highest BCUT2D eigenvalue weighted by atomic mass is 35.5. The maximum Gasteiger partial charge on any atom is 0.132 e. The van der Waals surface area contributed by atoms with Crippen molar-refractivity contribution < 1.29 is 8.78 Å². The van der Waals surface area contributed by atoms with Crippen molar-refractivity contribution in [1.29, 1.82) is 0 Å². The van der Waals surface area contributed by atoms with E-state index < -0.39 is 12.1 Å². The van der Waals surface area contributed by atoms with E-state index in [2.05, 4.69) is 6.92 Å². The van der Waals surface area contributed by atoms with Gasteiger partial charge in [0.15, 0.2) is 0 Å². The lowest BCUT2D eigenvalue weighted by atomic mass is 9.84. The quantitative estimate of drug-likeness (QED) is 0.235. The van der Waals surface area contributed by atoms with Gasteiger partial charge in [-0.25, -0.2) is 8.78 Å². The number of halogens is 3. The first kappa shape index (κ1) is 22.5. The molecule has 0 saturated carbocycles. The molecule has 0 nitrogen and oxygen atoms in total. The summed E-state index contributed by atoms with van der Waals surface area (Å²) in [6.07, 6.45) is 2.49. The van der Waals surface area contributed by atoms with Crippen LogP contribution in [-0.2, 0) is 0 Å². The van der Waals surface area contributed by atoms with Gasteiger partial charge in [0.25, 0.3) is 0 Å². The minimum atomic E-state index is -1.20. The van der Waals surface area contributed by atoms with Gasteiger partial charge >= 0.3 is 0 Å². The molecule has 0 aliphatic heterocycles. The maximum absolute atomic E-state index is 15.9. The Morgan fingerprint density at radius 3 is 2.22 bits per heavy atom. The molecule has 0 aromatic heterocycles. The van der Waals surface area contributed by atoms with Gasteiger partial charge in [-0.2, -0.15) is 0 Å². The van der Waals surface area contributed by atoms with Crippen LogP contribution in [0.2, 0.25) is 5.02 Å². The molecule has 3 heteroatoms. The third-order valence-corrected chi connectivity index (χ3v) is 6.39. The molecule has 0 aliphatic carbocycles. The SMILES string of the molecule is CCCCCC(c1ccc(-c2ccc(Cl)cc2)c(F)c1)C(F)c1ccc2ccccc2c1. The predicted molar refractivity (Wildman–Crippen MR) is 132 cm³/mol. The van der Waals surface area contributed by atoms with Crippen molar-refractivity contribution >= 4 is 22.4 Å². The molecule has 4 aromatic rings. The zero-order chi connectivity index (χ0) is 22.5. The summed E-state index contributed by atoms with van der Waals surface area (Å²) in [5.41, 5.74) is 2.61. The normalized spacial score (nSPS) is 13.2. The van der Waals surface area contributed by atoms with Crippen molar-refractivity contribution in [3.63, 3.8) is 0 Å². The van der Waals surface area contributed by atoms with Crippen molar-refractivity contribution in [3.05, 3.63) is 107 Å². The molecule has 0 bridgehead atoms. The lowest BCUT2D eigenvalue weighted by Crippen LogP contribution is -2.09. The maximum atomic E-state index is 15.9. The monoisotopic (exact) mass is 448 g/mol. The third-order valence-electron chi connectivity index (χ3n) is 6.14. The summed E-state index contributed by atoms with van der Waals surface area (Å²) in [7, 11) is 0. The van der Waals surface area contributed by atoms with Crippen LogP contribution in [0.4, 0.5) is 8.78 Å². The zero-order valence-corrected chi connectivity index (χ0v) is 19.0. The van der Waals surface area contributed by atoms with Crippen LogP contribution in [0.1, 0.15) is 55.8 Å². The van der Waals surface area contributed by atoms with Crippen LogP contribution in [0, 0.1) is 5.82 Å². The lowest BCUT2D eigenvalue weighted by Gasteiger charge is -2.23. The Balaban J connectivity index is 1.67. The van der Waals surface area contributed by atoms with Gasteiger partial charge in [0.1, 0.15) is 12.0 Å². The van der Waals surface area contributed by atoms with Crippen LogP contribution in [0.15, 0.2) is 84.9 Å². The Kier molecular flexibility index (Phi) is 7.22. The minimum absolute atomic E-state index is 0.337. The summed E-state index contributed by atoms with van der Waals surface area (Å²) in [4.78, 5) is 0. The van der Waals surface area contributed by atoms with Gasteiger partial charge in [0.2, 0.25) is 0 Å². The van der Waals surface area contributed by atoms with E-state index in [4.69, 9.17) is 11.6 Å². The second-order valence-electron chi connectivity index (χ2n) is 8.36. The van der Waals surface area contributed by atoms with E-state index in [0.29, 0.717) is 28.1 Å². The molecule has 2 unspecified atom stereocenters. The topological polar surface area (TPSA) is 0 Å². The van der Waals surface area contributed by atoms with Crippen molar-refractivity contribution in [2.24, 2.45) is 0 Å². The van der Waals surface area contributed by atoms with Crippen LogP contribution in [-0.4, -0.2) is 0 Å². The second kappa shape index (κ2) is 10.3. The Hall–Kier alpha value is -2.71. The fraction of sp³-hybridized carbons (Fsp3) is 0.241. The number of unbranched alkanes of at least 4 members (excludes halogenated alkanes) is 2. The summed E-state index contributed by atoms with van der Waals surface area (Å²) in [5.74, 6) is -0.729. The molecule has 0 radical (unpaired) electrons. The summed E-state index contributed by atoms with van der Waals surface area (Å²) < 4.78 is 31.0. The van der Waals surface area contributed by atoms with E-state index in [0.717, 1.165) is 35.6 Å². The van der Waals surface area contributed by atoms with Crippen LogP contribution in [0.3, 0.4) is 0 Å². The highest BCUT2D eigenvalue weighted by molar-refractivity contribution is 6.30. The molecule has 0 spiro atoms. The molecule has 32 heavy (non-hydrogen) atoms. The summed E-state index contributed by atoms with van der Waals surface area (Å²) in [6, 6.07) is 25.9. The zero-order valence-electron chi connectivity index (χ0n) is 18.2. The van der Waals surface area contributed by atoms with Gasteiger partial charge < -0.3 is 0 Å². The molecule has 4 aromatic carbocycles. The van der Waals surface area contributed by atoms with Crippen molar-refractivity contribution in [2.45, 2.75) is 44.7 Å². The second-order valence-corrected chi connectivity index (χ2v) is 8.79. The van der Waals surface area contributed by atoms with Crippen LogP contribution < -0.4 is 0 Å². The molecule has 0 aliphatic rings. The fourth-order valence-electron chi connectivity index (χ4n) is 4.33. The smallest absolute Gasteiger partial charge is 0.132 e. The van der Waals surface area contributed by atoms with Crippen LogP contribution in [0.25, 0.3) is 21.9 Å². The van der Waals surface area contributed by atoms with E-state index in [-0.39, 0.29) is 5.82 Å². The number of benzene rings is 4. The van der Waals surface area contributed by atoms with Crippen molar-refractivity contribution in [1.82, 2.24) is 0 Å². The highest BCUT2D eigenvalue weighted by Gasteiger charge is 2.25. The van der Waals surface area contributed by atoms with Crippen LogP contribution in [0.5, 0.6) is 0 Å². The van der Waals surface area contributed by atoms with E-state index in [1.165, 1.54) is 6.07 Å². The predicted octanol–water partition coefficient (Wildman–Crippen LogP) is 9.67. The molecular formula is C29H27ClF2. The van der Waals surface area contributed by atoms with E-state index in [9.17, 15) is 0 Å². The fourth-order valence-corrected chi connectivity index (χ4v) is 4.46. The summed E-state index contributed by atoms with van der Waals surface area (Å²) >= 11 is 5.96. The van der Waals surface area contributed by atoms with Crippen molar-refractivity contribution in [3.8, 4) is 11.1 Å². The van der Waals surface area contributed by atoms with Gasteiger partial charge in [-0.3, -0.25) is 0 Å². The molecular weight excluding hydrogens is 422 g/mol. The average molecular weight is 449 g/mol. The van der Waals surface area contributed by atoms with Gasteiger partial charge in [0.05, 0.1) is 0 Å². The standard InChI is InChI=1S/C29H27ClF2/c1-2-3-4-9-27(29(32)24-11-10-20-7-5-6-8-22(20)18-24)23-14-17-26(28(31)19-23)21-12-15-25(30)16-13-21/h5-8,10-19,27,29H,2-4,9H2,1H3. The third kappa shape index (κ3) is 5.02. The molecule has 0 fully saturated rings. The first-order chi connectivity index (χ1) is 15.6. The van der Waals surface area contributed by atoms with Crippen LogP contribution >= 0.6 is 11.6 Å². The molecule has 0 saturated heterocycles. The molecule has 164 valence electrons. The number of hydrogen-bond acceptors (Lipinski definition) is 0. The summed E-state index contributed by atoms with van der Waals surface area (Å²) in [6.45, 7) is 2.13. The molecule has 2 atom stereocenters. The van der Waals surface area contributed by atoms with Gasteiger partial charge in [-0.15, -0.1) is 0 Å².